The minimum Gasteiger partial charge on any atom is -0.324 e. The summed E-state index contributed by atoms with van der Waals surface area (Å²) in [4.78, 5) is 40.4. The molecule has 0 aliphatic carbocycles. The number of carbonyl (C=O) groups is 3. The van der Waals surface area contributed by atoms with Crippen molar-refractivity contribution >= 4 is 34.1 Å². The van der Waals surface area contributed by atoms with Crippen molar-refractivity contribution in [3.05, 3.63) is 36.0 Å². The van der Waals surface area contributed by atoms with Gasteiger partial charge in [-0.05, 0) is 31.5 Å². The predicted octanol–water partition coefficient (Wildman–Crippen LogP) is 3.48. The fourth-order valence-electron chi connectivity index (χ4n) is 2.58. The third kappa shape index (κ3) is 3.50. The minimum atomic E-state index is -0.816. The molecule has 2 rings (SSSR count). The molecule has 0 aliphatic heterocycles. The smallest absolute Gasteiger partial charge is 0.229 e. The fraction of sp³-hybridized carbons (Fsp3) is 0.368. The first-order valence-electron chi connectivity index (χ1n) is 7.83. The van der Waals surface area contributed by atoms with E-state index in [1.165, 1.54) is 13.8 Å². The van der Waals surface area contributed by atoms with Crippen LogP contribution in [0, 0.1) is 5.41 Å². The summed E-state index contributed by atoms with van der Waals surface area (Å²) in [6.45, 7) is 8.29. The highest BCUT2D eigenvalue weighted by atomic mass is 16.2. The van der Waals surface area contributed by atoms with Crippen molar-refractivity contribution in [3.8, 4) is 0 Å². The van der Waals surface area contributed by atoms with Crippen LogP contribution >= 0.6 is 0 Å². The Labute approximate surface area is 141 Å². The number of aromatic nitrogens is 1. The summed E-state index contributed by atoms with van der Waals surface area (Å²) < 4.78 is 0. The van der Waals surface area contributed by atoms with Crippen LogP contribution in [-0.2, 0) is 14.4 Å². The number of hydrogen-bond acceptors (Lipinski definition) is 4. The number of hydrogen-bond donors (Lipinski definition) is 1. The Kier molecular flexibility index (Phi) is 4.83. The Morgan fingerprint density at radius 2 is 1.67 bits per heavy atom. The van der Waals surface area contributed by atoms with Gasteiger partial charge in [0.05, 0.1) is 11.2 Å². The quantitative estimate of drug-likeness (QED) is 0.873. The van der Waals surface area contributed by atoms with E-state index in [-0.39, 0.29) is 17.5 Å². The Bertz CT molecular complexity index is 805. The molecule has 0 bridgehead atoms. The summed E-state index contributed by atoms with van der Waals surface area (Å²) in [6.07, 6.45) is 1.62. The van der Waals surface area contributed by atoms with E-state index in [2.05, 4.69) is 10.3 Å². The summed E-state index contributed by atoms with van der Waals surface area (Å²) in [7, 11) is 0. The second-order valence-corrected chi connectivity index (χ2v) is 6.96. The second-order valence-electron chi connectivity index (χ2n) is 6.96. The molecular weight excluding hydrogens is 304 g/mol. The maximum Gasteiger partial charge on any atom is 0.229 e. The van der Waals surface area contributed by atoms with Crippen LogP contribution in [0.5, 0.6) is 0 Å². The molecule has 24 heavy (non-hydrogen) atoms. The number of benzene rings is 1. The molecule has 1 N–H and O–H groups in total. The first-order valence-corrected chi connectivity index (χ1v) is 7.83. The van der Waals surface area contributed by atoms with Gasteiger partial charge in [-0.25, -0.2) is 0 Å². The van der Waals surface area contributed by atoms with Gasteiger partial charge in [-0.2, -0.15) is 0 Å². The standard InChI is InChI=1S/C19H22N2O3/c1-11(22)16(12(2)23)13-8-9-15(21-18(24)19(3,4)5)17-14(13)7-6-10-20-17/h6-10,16H,1-5H3,(H,21,24). The molecule has 1 aromatic heterocycles. The highest BCUT2D eigenvalue weighted by molar-refractivity contribution is 6.10. The number of nitrogens with zero attached hydrogens (tertiary/aromatic N) is 1. The van der Waals surface area contributed by atoms with Gasteiger partial charge in [-0.1, -0.05) is 32.9 Å². The largest absolute Gasteiger partial charge is 0.324 e. The molecule has 5 nitrogen and oxygen atoms in total. The van der Waals surface area contributed by atoms with Gasteiger partial charge in [0, 0.05) is 17.0 Å². The second kappa shape index (κ2) is 6.51. The molecule has 0 saturated heterocycles. The van der Waals surface area contributed by atoms with Gasteiger partial charge >= 0.3 is 0 Å². The maximum atomic E-state index is 12.3. The Balaban J connectivity index is 2.61. The topological polar surface area (TPSA) is 76.1 Å². The van der Waals surface area contributed by atoms with Gasteiger partial charge in [-0.3, -0.25) is 19.4 Å². The van der Waals surface area contributed by atoms with E-state index < -0.39 is 11.3 Å². The van der Waals surface area contributed by atoms with Crippen molar-refractivity contribution in [1.82, 2.24) is 4.98 Å². The number of anilines is 1. The zero-order valence-electron chi connectivity index (χ0n) is 14.6. The highest BCUT2D eigenvalue weighted by Gasteiger charge is 2.26. The lowest BCUT2D eigenvalue weighted by Gasteiger charge is -2.20. The molecule has 0 atom stereocenters. The number of amides is 1. The van der Waals surface area contributed by atoms with Crippen LogP contribution in [0.3, 0.4) is 0 Å². The van der Waals surface area contributed by atoms with Crippen molar-refractivity contribution in [2.75, 3.05) is 5.32 Å². The lowest BCUT2D eigenvalue weighted by atomic mass is 9.88. The van der Waals surface area contributed by atoms with E-state index in [1.54, 1.807) is 24.4 Å². The average molecular weight is 326 g/mol. The van der Waals surface area contributed by atoms with Crippen LogP contribution in [0.25, 0.3) is 10.9 Å². The van der Waals surface area contributed by atoms with Crippen LogP contribution in [0.15, 0.2) is 30.5 Å². The monoisotopic (exact) mass is 326 g/mol. The SMILES string of the molecule is CC(=O)C(C(C)=O)c1ccc(NC(=O)C(C)(C)C)c2ncccc12. The number of pyridine rings is 1. The van der Waals surface area contributed by atoms with Crippen LogP contribution < -0.4 is 5.32 Å². The van der Waals surface area contributed by atoms with Crippen molar-refractivity contribution < 1.29 is 14.4 Å². The average Bonchev–Trinajstić information content (AvgIpc) is 2.47. The summed E-state index contributed by atoms with van der Waals surface area (Å²) in [5.41, 5.74) is 1.22. The van der Waals surface area contributed by atoms with E-state index >= 15 is 0 Å². The lowest BCUT2D eigenvalue weighted by Crippen LogP contribution is -2.27. The van der Waals surface area contributed by atoms with E-state index in [0.717, 1.165) is 0 Å². The molecule has 0 unspecified atom stereocenters. The van der Waals surface area contributed by atoms with Crippen LogP contribution in [0.2, 0.25) is 0 Å². The zero-order chi connectivity index (χ0) is 18.1. The number of Topliss-reactive ketones (excluding diaryl/α,β-unsaturated/α-hetero) is 2. The first-order chi connectivity index (χ1) is 11.1. The molecule has 126 valence electrons. The number of ketones is 2. The molecule has 5 heteroatoms. The Morgan fingerprint density at radius 3 is 2.21 bits per heavy atom. The summed E-state index contributed by atoms with van der Waals surface area (Å²) in [6, 6.07) is 6.98. The summed E-state index contributed by atoms with van der Waals surface area (Å²) in [5.74, 6) is -1.36. The molecule has 0 spiro atoms. The van der Waals surface area contributed by atoms with Gasteiger partial charge in [0.2, 0.25) is 5.91 Å². The molecule has 1 aromatic carbocycles. The highest BCUT2D eigenvalue weighted by Crippen LogP contribution is 2.31. The summed E-state index contributed by atoms with van der Waals surface area (Å²) >= 11 is 0. The normalized spacial score (nSPS) is 11.6. The molecule has 1 amide bonds. The van der Waals surface area contributed by atoms with Crippen LogP contribution in [0.4, 0.5) is 5.69 Å². The van der Waals surface area contributed by atoms with Gasteiger partial charge in [0.25, 0.3) is 0 Å². The zero-order valence-corrected chi connectivity index (χ0v) is 14.6. The third-order valence-electron chi connectivity index (χ3n) is 3.86. The molecule has 0 saturated carbocycles. The minimum absolute atomic E-state index is 0.128. The maximum absolute atomic E-state index is 12.3. The van der Waals surface area contributed by atoms with Crippen molar-refractivity contribution in [1.29, 1.82) is 0 Å². The van der Waals surface area contributed by atoms with E-state index in [4.69, 9.17) is 0 Å². The van der Waals surface area contributed by atoms with Crippen LogP contribution in [0.1, 0.15) is 46.1 Å². The Hall–Kier alpha value is -2.56. The van der Waals surface area contributed by atoms with Crippen molar-refractivity contribution in [3.63, 3.8) is 0 Å². The van der Waals surface area contributed by atoms with Gasteiger partial charge in [0.15, 0.2) is 0 Å². The molecule has 0 fully saturated rings. The van der Waals surface area contributed by atoms with Crippen LogP contribution in [-0.4, -0.2) is 22.5 Å². The molecule has 2 aromatic rings. The number of nitrogens with one attached hydrogen (secondary N) is 1. The number of carbonyl (C=O) groups excluding carboxylic acids is 3. The first kappa shape index (κ1) is 17.8. The van der Waals surface area contributed by atoms with E-state index in [0.29, 0.717) is 22.2 Å². The number of fused-ring (bicyclic) bond motifs is 1. The van der Waals surface area contributed by atoms with Gasteiger partial charge in [0.1, 0.15) is 17.5 Å². The molecule has 0 aliphatic rings. The third-order valence-corrected chi connectivity index (χ3v) is 3.86. The molecule has 0 radical (unpaired) electrons. The van der Waals surface area contributed by atoms with E-state index in [1.807, 2.05) is 26.8 Å². The fourth-order valence-corrected chi connectivity index (χ4v) is 2.58. The number of rotatable bonds is 4. The summed E-state index contributed by atoms with van der Waals surface area (Å²) in [5, 5.41) is 3.57. The van der Waals surface area contributed by atoms with Gasteiger partial charge in [-0.15, -0.1) is 0 Å². The van der Waals surface area contributed by atoms with Crippen molar-refractivity contribution in [2.24, 2.45) is 5.41 Å². The van der Waals surface area contributed by atoms with Gasteiger partial charge < -0.3 is 5.32 Å². The molecular formula is C19H22N2O3. The Morgan fingerprint density at radius 1 is 1.04 bits per heavy atom. The van der Waals surface area contributed by atoms with Crippen molar-refractivity contribution in [2.45, 2.75) is 40.5 Å². The molecule has 1 heterocycles. The van der Waals surface area contributed by atoms with E-state index in [9.17, 15) is 14.4 Å². The predicted molar refractivity (Wildman–Crippen MR) is 93.9 cm³/mol. The lowest BCUT2D eigenvalue weighted by molar-refractivity contribution is -0.127.